The van der Waals surface area contributed by atoms with Crippen molar-refractivity contribution in [2.24, 2.45) is 0 Å². The fourth-order valence-corrected chi connectivity index (χ4v) is 2.16. The fourth-order valence-electron chi connectivity index (χ4n) is 1.98. The Hall–Kier alpha value is -1.67. The molecule has 0 aliphatic rings. The molecule has 0 heterocycles. The summed E-state index contributed by atoms with van der Waals surface area (Å²) in [7, 11) is 1.68. The van der Waals surface area contributed by atoms with E-state index in [2.05, 4.69) is 19.9 Å². The first-order valence-electron chi connectivity index (χ1n) is 5.74. The molecule has 2 nitrogen and oxygen atoms in total. The zero-order valence-electron chi connectivity index (χ0n) is 10.8. The molecule has 0 saturated heterocycles. The van der Waals surface area contributed by atoms with E-state index in [1.807, 2.05) is 24.3 Å². The maximum Gasteiger partial charge on any atom is 0.129 e. The van der Waals surface area contributed by atoms with Gasteiger partial charge in [-0.3, -0.25) is 0 Å². The molecule has 94 valence electrons. The number of anilines is 1. The van der Waals surface area contributed by atoms with Crippen molar-refractivity contribution in [2.45, 2.75) is 13.8 Å². The second-order valence-electron chi connectivity index (χ2n) is 4.32. The largest absolute Gasteiger partial charge is 0.496 e. The quantitative estimate of drug-likeness (QED) is 0.822. The van der Waals surface area contributed by atoms with Crippen LogP contribution in [0.25, 0.3) is 11.1 Å². The van der Waals surface area contributed by atoms with Crippen LogP contribution >= 0.6 is 11.6 Å². The predicted molar refractivity (Wildman–Crippen MR) is 77.3 cm³/mol. The molecule has 3 heteroatoms. The highest BCUT2D eigenvalue weighted by molar-refractivity contribution is 6.33. The van der Waals surface area contributed by atoms with Crippen LogP contribution in [-0.2, 0) is 0 Å². The van der Waals surface area contributed by atoms with Crippen molar-refractivity contribution in [3.63, 3.8) is 0 Å². The predicted octanol–water partition coefficient (Wildman–Crippen LogP) is 4.21. The summed E-state index contributed by atoms with van der Waals surface area (Å²) in [6, 6.07) is 9.75. The molecule has 0 aliphatic carbocycles. The van der Waals surface area contributed by atoms with Crippen LogP contribution < -0.4 is 10.5 Å². The number of halogens is 1. The van der Waals surface area contributed by atoms with Crippen molar-refractivity contribution in [2.75, 3.05) is 12.8 Å². The van der Waals surface area contributed by atoms with Crippen molar-refractivity contribution in [3.05, 3.63) is 46.5 Å². The number of nitrogens with two attached hydrogens (primary N) is 1. The molecule has 0 bridgehead atoms. The van der Waals surface area contributed by atoms with Crippen LogP contribution in [0.5, 0.6) is 5.75 Å². The summed E-state index contributed by atoms with van der Waals surface area (Å²) in [5, 5.41) is 0.563. The van der Waals surface area contributed by atoms with E-state index in [4.69, 9.17) is 22.1 Å². The molecule has 2 aromatic carbocycles. The monoisotopic (exact) mass is 261 g/mol. The molecular formula is C15H16ClNO. The lowest BCUT2D eigenvalue weighted by molar-refractivity contribution is 0.413. The summed E-state index contributed by atoms with van der Waals surface area (Å²) in [6.07, 6.45) is 0. The van der Waals surface area contributed by atoms with Gasteiger partial charge in [-0.15, -0.1) is 0 Å². The van der Waals surface area contributed by atoms with E-state index in [1.165, 1.54) is 5.56 Å². The summed E-state index contributed by atoms with van der Waals surface area (Å²) in [5.74, 6) is 0.885. The van der Waals surface area contributed by atoms with Crippen LogP contribution in [0, 0.1) is 13.8 Å². The molecule has 0 aliphatic heterocycles. The Kier molecular flexibility index (Phi) is 3.48. The van der Waals surface area contributed by atoms with Gasteiger partial charge in [-0.1, -0.05) is 29.8 Å². The van der Waals surface area contributed by atoms with Crippen molar-refractivity contribution >= 4 is 17.3 Å². The minimum absolute atomic E-state index is 0.563. The van der Waals surface area contributed by atoms with E-state index in [0.717, 1.165) is 22.4 Å². The third-order valence-electron chi connectivity index (χ3n) is 3.19. The molecule has 0 atom stereocenters. The number of aryl methyl sites for hydroxylation is 1. The van der Waals surface area contributed by atoms with Gasteiger partial charge in [0.15, 0.2) is 0 Å². The van der Waals surface area contributed by atoms with Gasteiger partial charge in [0.25, 0.3) is 0 Å². The van der Waals surface area contributed by atoms with Crippen LogP contribution in [-0.4, -0.2) is 7.11 Å². The first-order chi connectivity index (χ1) is 8.54. The molecule has 0 saturated carbocycles. The summed E-state index contributed by atoms with van der Waals surface area (Å²) in [6.45, 7) is 4.12. The molecule has 18 heavy (non-hydrogen) atoms. The summed E-state index contributed by atoms with van der Waals surface area (Å²) >= 11 is 6.06. The average molecular weight is 262 g/mol. The average Bonchev–Trinajstić information content (AvgIpc) is 2.36. The zero-order valence-corrected chi connectivity index (χ0v) is 11.5. The smallest absolute Gasteiger partial charge is 0.129 e. The fraction of sp³-hybridized carbons (Fsp3) is 0.200. The van der Waals surface area contributed by atoms with E-state index in [-0.39, 0.29) is 0 Å². The normalized spacial score (nSPS) is 10.4. The molecule has 0 amide bonds. The number of hydrogen-bond acceptors (Lipinski definition) is 2. The lowest BCUT2D eigenvalue weighted by Gasteiger charge is -2.14. The standard InChI is InChI=1S/C15H16ClNO/c1-9-4-6-12(15(18-3)10(9)2)11-5-7-14(17)13(16)8-11/h4-8H,17H2,1-3H3. The third-order valence-corrected chi connectivity index (χ3v) is 3.52. The van der Waals surface area contributed by atoms with E-state index >= 15 is 0 Å². The zero-order chi connectivity index (χ0) is 13.3. The van der Waals surface area contributed by atoms with E-state index < -0.39 is 0 Å². The molecule has 0 aromatic heterocycles. The highest BCUT2D eigenvalue weighted by atomic mass is 35.5. The molecule has 2 N–H and O–H groups in total. The minimum Gasteiger partial charge on any atom is -0.496 e. The summed E-state index contributed by atoms with van der Waals surface area (Å²) in [4.78, 5) is 0. The Bertz CT molecular complexity index is 593. The number of hydrogen-bond donors (Lipinski definition) is 1. The van der Waals surface area contributed by atoms with Crippen molar-refractivity contribution in [1.82, 2.24) is 0 Å². The van der Waals surface area contributed by atoms with Gasteiger partial charge in [-0.2, -0.15) is 0 Å². The molecule has 0 fully saturated rings. The highest BCUT2D eigenvalue weighted by Crippen LogP contribution is 2.36. The van der Waals surface area contributed by atoms with Crippen LogP contribution in [0.15, 0.2) is 30.3 Å². The van der Waals surface area contributed by atoms with Gasteiger partial charge >= 0.3 is 0 Å². The van der Waals surface area contributed by atoms with E-state index in [1.54, 1.807) is 7.11 Å². The van der Waals surface area contributed by atoms with Gasteiger partial charge in [-0.05, 0) is 42.7 Å². The Labute approximate surface area is 112 Å². The lowest BCUT2D eigenvalue weighted by atomic mass is 9.98. The first kappa shape index (κ1) is 12.8. The maximum atomic E-state index is 6.06. The second kappa shape index (κ2) is 4.91. The number of rotatable bonds is 2. The summed E-state index contributed by atoms with van der Waals surface area (Å²) in [5.41, 5.74) is 10.7. The summed E-state index contributed by atoms with van der Waals surface area (Å²) < 4.78 is 5.51. The van der Waals surface area contributed by atoms with Crippen LogP contribution in [0.1, 0.15) is 11.1 Å². The van der Waals surface area contributed by atoms with Gasteiger partial charge in [-0.25, -0.2) is 0 Å². The minimum atomic E-state index is 0.563. The number of benzene rings is 2. The van der Waals surface area contributed by atoms with E-state index in [9.17, 15) is 0 Å². The van der Waals surface area contributed by atoms with Gasteiger partial charge in [0.2, 0.25) is 0 Å². The Morgan fingerprint density at radius 1 is 1.11 bits per heavy atom. The highest BCUT2D eigenvalue weighted by Gasteiger charge is 2.11. The molecular weight excluding hydrogens is 246 g/mol. The SMILES string of the molecule is COc1c(-c2ccc(N)c(Cl)c2)ccc(C)c1C. The Morgan fingerprint density at radius 3 is 2.44 bits per heavy atom. The topological polar surface area (TPSA) is 35.2 Å². The molecule has 2 rings (SSSR count). The molecule has 0 radical (unpaired) electrons. The molecule has 2 aromatic rings. The van der Waals surface area contributed by atoms with Crippen LogP contribution in [0.2, 0.25) is 5.02 Å². The lowest BCUT2D eigenvalue weighted by Crippen LogP contribution is -1.94. The van der Waals surface area contributed by atoms with Gasteiger partial charge < -0.3 is 10.5 Å². The van der Waals surface area contributed by atoms with E-state index in [0.29, 0.717) is 10.7 Å². The van der Waals surface area contributed by atoms with Gasteiger partial charge in [0.05, 0.1) is 17.8 Å². The molecule has 0 spiro atoms. The maximum absolute atomic E-state index is 6.06. The van der Waals surface area contributed by atoms with Crippen LogP contribution in [0.3, 0.4) is 0 Å². The number of nitrogen functional groups attached to an aromatic ring is 1. The van der Waals surface area contributed by atoms with Gasteiger partial charge in [0, 0.05) is 5.56 Å². The van der Waals surface area contributed by atoms with Crippen LogP contribution in [0.4, 0.5) is 5.69 Å². The Balaban J connectivity index is 2.63. The first-order valence-corrected chi connectivity index (χ1v) is 6.12. The van der Waals surface area contributed by atoms with Crippen molar-refractivity contribution in [3.8, 4) is 16.9 Å². The van der Waals surface area contributed by atoms with Crippen molar-refractivity contribution in [1.29, 1.82) is 0 Å². The van der Waals surface area contributed by atoms with Crippen molar-refractivity contribution < 1.29 is 4.74 Å². The second-order valence-corrected chi connectivity index (χ2v) is 4.73. The molecule has 0 unspecified atom stereocenters. The number of ether oxygens (including phenoxy) is 1. The van der Waals surface area contributed by atoms with Gasteiger partial charge in [0.1, 0.15) is 5.75 Å². The number of methoxy groups -OCH3 is 1. The Morgan fingerprint density at radius 2 is 1.83 bits per heavy atom. The third kappa shape index (κ3) is 2.16.